The molecule has 3 aromatic carbocycles. The van der Waals surface area contributed by atoms with E-state index in [9.17, 15) is 4.79 Å². The van der Waals surface area contributed by atoms with Gasteiger partial charge in [0, 0.05) is 13.1 Å². The molecule has 0 saturated heterocycles. The number of rotatable bonds is 4. The molecule has 1 atom stereocenters. The van der Waals surface area contributed by atoms with Gasteiger partial charge in [0.2, 0.25) is 5.91 Å². The van der Waals surface area contributed by atoms with Crippen LogP contribution in [0.25, 0.3) is 5.70 Å². The molecule has 0 saturated carbocycles. The number of tetrazole rings is 1. The third-order valence-electron chi connectivity index (χ3n) is 6.85. The maximum absolute atomic E-state index is 13.6. The van der Waals surface area contributed by atoms with Crippen LogP contribution in [0.5, 0.6) is 0 Å². The molecule has 6 rings (SSSR count). The molecule has 1 amide bonds. The highest BCUT2D eigenvalue weighted by Gasteiger charge is 2.33. The van der Waals surface area contributed by atoms with Gasteiger partial charge in [0.15, 0.2) is 0 Å². The first-order chi connectivity index (χ1) is 17.2. The summed E-state index contributed by atoms with van der Waals surface area (Å²) in [6, 6.07) is 26.7. The fourth-order valence-electron chi connectivity index (χ4n) is 4.93. The van der Waals surface area contributed by atoms with E-state index in [1.807, 2.05) is 34.1 Å². The lowest BCUT2D eigenvalue weighted by Crippen LogP contribution is -2.44. The van der Waals surface area contributed by atoms with Crippen molar-refractivity contribution in [3.8, 4) is 0 Å². The largest absolute Gasteiger partial charge is 0.336 e. The molecular weight excluding hydrogens is 436 g/mol. The molecule has 0 unspecified atom stereocenters. The van der Waals surface area contributed by atoms with Crippen LogP contribution in [0.2, 0.25) is 0 Å². The predicted octanol–water partition coefficient (Wildman–Crippen LogP) is 4.02. The van der Waals surface area contributed by atoms with Crippen LogP contribution < -0.4 is 4.90 Å². The number of benzene rings is 3. The van der Waals surface area contributed by atoms with Gasteiger partial charge in [0.05, 0.1) is 5.70 Å². The van der Waals surface area contributed by atoms with Crippen LogP contribution in [-0.4, -0.2) is 44.1 Å². The average Bonchev–Trinajstić information content (AvgIpc) is 3.40. The van der Waals surface area contributed by atoms with E-state index >= 15 is 0 Å². The number of aryl methyl sites for hydroxylation is 1. The molecule has 0 N–H and O–H groups in total. The van der Waals surface area contributed by atoms with Gasteiger partial charge in [-0.05, 0) is 52.1 Å². The third kappa shape index (κ3) is 3.99. The van der Waals surface area contributed by atoms with Crippen molar-refractivity contribution in [2.45, 2.75) is 25.9 Å². The normalized spacial score (nSPS) is 16.9. The summed E-state index contributed by atoms with van der Waals surface area (Å²) in [5.74, 6) is 0.632. The number of carbonyl (C=O) groups is 1. The van der Waals surface area contributed by atoms with Crippen molar-refractivity contribution in [2.75, 3.05) is 18.0 Å². The standard InChI is InChI=1S/C28H26N6O/c1-20-11-13-23(14-12-20)26-17-25(22-8-3-2-4-9-22)33(28-29-30-31-34(26)28)19-27(35)32-16-15-21-7-5-6-10-24(21)18-32/h2-14,17,26H,15-16,18-19H2,1H3/t26-/m1/s1. The predicted molar refractivity (Wildman–Crippen MR) is 134 cm³/mol. The fourth-order valence-corrected chi connectivity index (χ4v) is 4.93. The van der Waals surface area contributed by atoms with Crippen molar-refractivity contribution in [1.29, 1.82) is 0 Å². The van der Waals surface area contributed by atoms with Crippen LogP contribution in [0.1, 0.15) is 33.9 Å². The maximum Gasteiger partial charge on any atom is 0.251 e. The second-order valence-corrected chi connectivity index (χ2v) is 9.12. The SMILES string of the molecule is Cc1ccc([C@H]2C=C(c3ccccc3)N(CC(=O)N3CCc4ccccc4C3)c3nnnn32)cc1. The van der Waals surface area contributed by atoms with Crippen molar-refractivity contribution in [2.24, 2.45) is 0 Å². The molecule has 3 heterocycles. The number of anilines is 1. The smallest absolute Gasteiger partial charge is 0.251 e. The van der Waals surface area contributed by atoms with Crippen LogP contribution in [-0.2, 0) is 17.8 Å². The minimum Gasteiger partial charge on any atom is -0.336 e. The molecule has 0 bridgehead atoms. The zero-order valence-corrected chi connectivity index (χ0v) is 19.6. The van der Waals surface area contributed by atoms with E-state index in [2.05, 4.69) is 83.1 Å². The van der Waals surface area contributed by atoms with E-state index in [1.54, 1.807) is 4.68 Å². The summed E-state index contributed by atoms with van der Waals surface area (Å²) in [5, 5.41) is 12.7. The lowest BCUT2D eigenvalue weighted by molar-refractivity contribution is -0.130. The first-order valence-corrected chi connectivity index (χ1v) is 11.9. The number of carbonyl (C=O) groups excluding carboxylic acids is 1. The highest BCUT2D eigenvalue weighted by Crippen LogP contribution is 2.36. The second kappa shape index (κ2) is 8.83. The third-order valence-corrected chi connectivity index (χ3v) is 6.85. The van der Waals surface area contributed by atoms with Gasteiger partial charge in [-0.15, -0.1) is 0 Å². The Morgan fingerprint density at radius 2 is 1.69 bits per heavy atom. The summed E-state index contributed by atoms with van der Waals surface area (Å²) >= 11 is 0. The van der Waals surface area contributed by atoms with Gasteiger partial charge in [-0.3, -0.25) is 9.69 Å². The Morgan fingerprint density at radius 1 is 0.943 bits per heavy atom. The first kappa shape index (κ1) is 21.3. The Bertz CT molecular complexity index is 1390. The number of hydrogen-bond acceptors (Lipinski definition) is 5. The van der Waals surface area contributed by atoms with E-state index < -0.39 is 0 Å². The number of fused-ring (bicyclic) bond motifs is 2. The van der Waals surface area contributed by atoms with Crippen LogP contribution >= 0.6 is 0 Å². The van der Waals surface area contributed by atoms with E-state index in [4.69, 9.17) is 0 Å². The van der Waals surface area contributed by atoms with Gasteiger partial charge in [0.1, 0.15) is 12.6 Å². The highest BCUT2D eigenvalue weighted by atomic mass is 16.2. The number of allylic oxidation sites excluding steroid dienone is 1. The molecule has 0 radical (unpaired) electrons. The van der Waals surface area contributed by atoms with Gasteiger partial charge in [-0.25, -0.2) is 0 Å². The Balaban J connectivity index is 1.36. The quantitative estimate of drug-likeness (QED) is 0.458. The zero-order chi connectivity index (χ0) is 23.8. The van der Waals surface area contributed by atoms with Gasteiger partial charge in [-0.2, -0.15) is 4.68 Å². The van der Waals surface area contributed by atoms with Crippen molar-refractivity contribution < 1.29 is 4.79 Å². The molecule has 7 nitrogen and oxygen atoms in total. The minimum absolute atomic E-state index is 0.0599. The summed E-state index contributed by atoms with van der Waals surface area (Å²) in [6.45, 7) is 3.59. The van der Waals surface area contributed by atoms with Crippen LogP contribution in [0.4, 0.5) is 5.95 Å². The topological polar surface area (TPSA) is 67.2 Å². The lowest BCUT2D eigenvalue weighted by atomic mass is 9.99. The Labute approximate surface area is 204 Å². The van der Waals surface area contributed by atoms with E-state index in [0.29, 0.717) is 19.0 Å². The highest BCUT2D eigenvalue weighted by molar-refractivity contribution is 5.89. The molecule has 1 aromatic heterocycles. The molecular formula is C28H26N6O. The number of hydrogen-bond donors (Lipinski definition) is 0. The zero-order valence-electron chi connectivity index (χ0n) is 19.6. The molecule has 174 valence electrons. The minimum atomic E-state index is -0.163. The summed E-state index contributed by atoms with van der Waals surface area (Å²) < 4.78 is 1.80. The summed E-state index contributed by atoms with van der Waals surface area (Å²) in [6.07, 6.45) is 3.03. The monoisotopic (exact) mass is 462 g/mol. The lowest BCUT2D eigenvalue weighted by Gasteiger charge is -2.35. The van der Waals surface area contributed by atoms with Crippen molar-refractivity contribution in [3.63, 3.8) is 0 Å². The first-order valence-electron chi connectivity index (χ1n) is 11.9. The van der Waals surface area contributed by atoms with E-state index in [0.717, 1.165) is 23.2 Å². The average molecular weight is 463 g/mol. The maximum atomic E-state index is 13.6. The Morgan fingerprint density at radius 3 is 2.49 bits per heavy atom. The van der Waals surface area contributed by atoms with Gasteiger partial charge >= 0.3 is 0 Å². The molecule has 4 aromatic rings. The Kier molecular flexibility index (Phi) is 5.37. The van der Waals surface area contributed by atoms with Crippen molar-refractivity contribution in [3.05, 3.63) is 113 Å². The molecule has 0 aliphatic carbocycles. The second-order valence-electron chi connectivity index (χ2n) is 9.12. The van der Waals surface area contributed by atoms with Gasteiger partial charge < -0.3 is 4.90 Å². The number of aromatic nitrogens is 4. The fraction of sp³-hybridized carbons (Fsp3) is 0.214. The summed E-state index contributed by atoms with van der Waals surface area (Å²) in [4.78, 5) is 17.4. The molecule has 0 spiro atoms. The van der Waals surface area contributed by atoms with Crippen molar-refractivity contribution >= 4 is 17.6 Å². The molecule has 2 aliphatic heterocycles. The van der Waals surface area contributed by atoms with Crippen LogP contribution in [0.3, 0.4) is 0 Å². The van der Waals surface area contributed by atoms with Gasteiger partial charge in [0.25, 0.3) is 5.95 Å². The summed E-state index contributed by atoms with van der Waals surface area (Å²) in [7, 11) is 0. The summed E-state index contributed by atoms with van der Waals surface area (Å²) in [5.41, 5.74) is 6.79. The van der Waals surface area contributed by atoms with Gasteiger partial charge in [-0.1, -0.05) is 89.5 Å². The molecule has 7 heteroatoms. The number of nitrogens with zero attached hydrogens (tertiary/aromatic N) is 6. The van der Waals surface area contributed by atoms with E-state index in [-0.39, 0.29) is 18.5 Å². The molecule has 2 aliphatic rings. The van der Waals surface area contributed by atoms with E-state index in [1.165, 1.54) is 16.7 Å². The Hall–Kier alpha value is -4.26. The number of amides is 1. The van der Waals surface area contributed by atoms with Crippen LogP contribution in [0.15, 0.2) is 84.9 Å². The van der Waals surface area contributed by atoms with Crippen LogP contribution in [0, 0.1) is 6.92 Å². The molecule has 35 heavy (non-hydrogen) atoms. The van der Waals surface area contributed by atoms with Crippen molar-refractivity contribution in [1.82, 2.24) is 25.1 Å². The molecule has 0 fully saturated rings.